The fourth-order valence-corrected chi connectivity index (χ4v) is 3.54. The molecule has 1 aliphatic heterocycles. The Morgan fingerprint density at radius 3 is 2.67 bits per heavy atom. The molecule has 21 heavy (non-hydrogen) atoms. The van der Waals surface area contributed by atoms with Gasteiger partial charge >= 0.3 is 5.97 Å². The van der Waals surface area contributed by atoms with E-state index in [0.29, 0.717) is 19.6 Å². The lowest BCUT2D eigenvalue weighted by Gasteiger charge is -2.20. The van der Waals surface area contributed by atoms with Gasteiger partial charge in [-0.2, -0.15) is 4.72 Å². The van der Waals surface area contributed by atoms with Gasteiger partial charge in [0.1, 0.15) is 6.04 Å². The number of ether oxygens (including phenoxy) is 1. The van der Waals surface area contributed by atoms with Crippen LogP contribution in [0.4, 0.5) is 0 Å². The van der Waals surface area contributed by atoms with Crippen molar-refractivity contribution in [1.82, 2.24) is 4.72 Å². The number of nitrogens with one attached hydrogen (secondary N) is 1. The van der Waals surface area contributed by atoms with E-state index in [9.17, 15) is 18.3 Å². The fraction of sp³-hybridized carbons (Fsp3) is 0.500. The minimum absolute atomic E-state index is 0.0707. The lowest BCUT2D eigenvalue weighted by molar-refractivity contribution is -0.140. The van der Waals surface area contributed by atoms with Gasteiger partial charge < -0.3 is 9.84 Å². The van der Waals surface area contributed by atoms with E-state index in [0.717, 1.165) is 11.1 Å². The van der Waals surface area contributed by atoms with Gasteiger partial charge in [0.05, 0.1) is 18.1 Å². The Labute approximate surface area is 124 Å². The zero-order chi connectivity index (χ0) is 15.6. The molecule has 1 aliphatic rings. The van der Waals surface area contributed by atoms with Crippen molar-refractivity contribution in [1.29, 1.82) is 0 Å². The van der Waals surface area contributed by atoms with Crippen molar-refractivity contribution in [2.24, 2.45) is 5.92 Å². The molecule has 1 heterocycles. The van der Waals surface area contributed by atoms with Crippen molar-refractivity contribution in [3.8, 4) is 0 Å². The van der Waals surface area contributed by atoms with Crippen LogP contribution in [0.2, 0.25) is 0 Å². The van der Waals surface area contributed by atoms with Gasteiger partial charge in [0.2, 0.25) is 10.0 Å². The number of aliphatic carboxylic acids is 1. The van der Waals surface area contributed by atoms with Crippen LogP contribution in [0.5, 0.6) is 0 Å². The summed E-state index contributed by atoms with van der Waals surface area (Å²) in [5.41, 5.74) is 1.79. The average Bonchev–Trinajstić information content (AvgIpc) is 2.91. The number of carbonyl (C=O) groups is 1. The van der Waals surface area contributed by atoms with E-state index in [1.54, 1.807) is 19.1 Å². The lowest BCUT2D eigenvalue weighted by Crippen LogP contribution is -2.44. The molecule has 0 aromatic heterocycles. The quantitative estimate of drug-likeness (QED) is 0.830. The summed E-state index contributed by atoms with van der Waals surface area (Å²) in [5, 5.41) is 9.19. The molecular formula is C14H19NO5S. The maximum atomic E-state index is 12.4. The molecule has 1 aromatic carbocycles. The summed E-state index contributed by atoms with van der Waals surface area (Å²) in [6.45, 7) is 4.39. The summed E-state index contributed by atoms with van der Waals surface area (Å²) in [6.07, 6.45) is 0.567. The van der Waals surface area contributed by atoms with E-state index in [4.69, 9.17) is 4.74 Å². The molecule has 0 unspecified atom stereocenters. The Morgan fingerprint density at radius 2 is 2.05 bits per heavy atom. The van der Waals surface area contributed by atoms with Crippen LogP contribution < -0.4 is 4.72 Å². The van der Waals surface area contributed by atoms with Crippen LogP contribution in [0, 0.1) is 5.92 Å². The third-order valence-corrected chi connectivity index (χ3v) is 5.20. The minimum atomic E-state index is -3.87. The van der Waals surface area contributed by atoms with E-state index in [1.165, 1.54) is 6.07 Å². The van der Waals surface area contributed by atoms with Gasteiger partial charge in [0.15, 0.2) is 0 Å². The highest BCUT2D eigenvalue weighted by Gasteiger charge is 2.29. The van der Waals surface area contributed by atoms with Crippen molar-refractivity contribution in [2.45, 2.75) is 44.4 Å². The van der Waals surface area contributed by atoms with Crippen LogP contribution in [0.1, 0.15) is 31.4 Å². The van der Waals surface area contributed by atoms with Gasteiger partial charge in [-0.15, -0.1) is 0 Å². The van der Waals surface area contributed by atoms with E-state index < -0.39 is 22.0 Å². The largest absolute Gasteiger partial charge is 0.480 e. The number of carboxylic acid groups (broad SMARTS) is 1. The van der Waals surface area contributed by atoms with Gasteiger partial charge in [-0.3, -0.25) is 4.79 Å². The Hall–Kier alpha value is -1.44. The number of carboxylic acids is 1. The molecule has 1 aromatic rings. The van der Waals surface area contributed by atoms with Crippen LogP contribution in [0.25, 0.3) is 0 Å². The van der Waals surface area contributed by atoms with Crippen molar-refractivity contribution in [2.75, 3.05) is 0 Å². The van der Waals surface area contributed by atoms with Gasteiger partial charge in [-0.1, -0.05) is 26.3 Å². The zero-order valence-electron chi connectivity index (χ0n) is 12.0. The maximum Gasteiger partial charge on any atom is 0.322 e. The van der Waals surface area contributed by atoms with E-state index in [-0.39, 0.29) is 10.8 Å². The smallest absolute Gasteiger partial charge is 0.322 e. The SMILES string of the molecule is CC[C@H](C)[C@H](NS(=O)(=O)c1ccc2c(c1)COC2)C(=O)O. The molecule has 116 valence electrons. The van der Waals surface area contributed by atoms with Crippen LogP contribution in [0.3, 0.4) is 0 Å². The molecule has 0 bridgehead atoms. The topological polar surface area (TPSA) is 92.7 Å². The highest BCUT2D eigenvalue weighted by atomic mass is 32.2. The van der Waals surface area contributed by atoms with Gasteiger partial charge in [0, 0.05) is 0 Å². The first-order valence-electron chi connectivity index (χ1n) is 6.80. The van der Waals surface area contributed by atoms with Crippen molar-refractivity contribution in [3.63, 3.8) is 0 Å². The summed E-state index contributed by atoms with van der Waals surface area (Å²) in [4.78, 5) is 11.3. The normalized spacial score (nSPS) is 17.2. The van der Waals surface area contributed by atoms with Gasteiger partial charge in [-0.05, 0) is 29.2 Å². The first-order chi connectivity index (χ1) is 9.85. The Morgan fingerprint density at radius 1 is 1.38 bits per heavy atom. The summed E-state index contributed by atoms with van der Waals surface area (Å²) in [6, 6.07) is 3.59. The van der Waals surface area contributed by atoms with Crippen molar-refractivity contribution >= 4 is 16.0 Å². The Kier molecular flexibility index (Phi) is 4.65. The highest BCUT2D eigenvalue weighted by Crippen LogP contribution is 2.23. The third kappa shape index (κ3) is 3.42. The van der Waals surface area contributed by atoms with Crippen molar-refractivity contribution < 1.29 is 23.1 Å². The number of sulfonamides is 1. The molecule has 2 N–H and O–H groups in total. The Balaban J connectivity index is 2.27. The predicted octanol–water partition coefficient (Wildman–Crippen LogP) is 1.49. The highest BCUT2D eigenvalue weighted by molar-refractivity contribution is 7.89. The second kappa shape index (κ2) is 6.13. The molecule has 0 fully saturated rings. The first-order valence-corrected chi connectivity index (χ1v) is 8.28. The van der Waals surface area contributed by atoms with Crippen LogP contribution in [-0.4, -0.2) is 25.5 Å². The van der Waals surface area contributed by atoms with E-state index >= 15 is 0 Å². The molecule has 0 spiro atoms. The maximum absolute atomic E-state index is 12.4. The standard InChI is InChI=1S/C14H19NO5S/c1-3-9(2)13(14(16)17)15-21(18,19)12-5-4-10-7-20-8-11(10)6-12/h4-6,9,13,15H,3,7-8H2,1-2H3,(H,16,17)/t9-,13-/m0/s1. The summed E-state index contributed by atoms with van der Waals surface area (Å²) >= 11 is 0. The molecular weight excluding hydrogens is 294 g/mol. The molecule has 2 atom stereocenters. The number of rotatable bonds is 6. The first kappa shape index (κ1) is 15.9. The summed E-state index contributed by atoms with van der Waals surface area (Å²) in [7, 11) is -3.87. The van der Waals surface area contributed by atoms with Crippen LogP contribution in [0.15, 0.2) is 23.1 Å². The minimum Gasteiger partial charge on any atom is -0.480 e. The average molecular weight is 313 g/mol. The molecule has 0 saturated carbocycles. The number of hydrogen-bond acceptors (Lipinski definition) is 4. The number of benzene rings is 1. The third-order valence-electron chi connectivity index (χ3n) is 3.76. The number of hydrogen-bond donors (Lipinski definition) is 2. The monoisotopic (exact) mass is 313 g/mol. The lowest BCUT2D eigenvalue weighted by atomic mass is 10.0. The molecule has 2 rings (SSSR count). The Bertz CT molecular complexity index is 641. The predicted molar refractivity (Wildman–Crippen MR) is 76.1 cm³/mol. The second-order valence-electron chi connectivity index (χ2n) is 5.25. The van der Waals surface area contributed by atoms with Crippen LogP contribution >= 0.6 is 0 Å². The van der Waals surface area contributed by atoms with E-state index in [1.807, 2.05) is 6.92 Å². The van der Waals surface area contributed by atoms with Gasteiger partial charge in [-0.25, -0.2) is 8.42 Å². The number of fused-ring (bicyclic) bond motifs is 1. The summed E-state index contributed by atoms with van der Waals surface area (Å²) in [5.74, 6) is -1.47. The van der Waals surface area contributed by atoms with E-state index in [2.05, 4.69) is 4.72 Å². The molecule has 0 saturated heterocycles. The fourth-order valence-electron chi connectivity index (χ4n) is 2.20. The van der Waals surface area contributed by atoms with Crippen molar-refractivity contribution in [3.05, 3.63) is 29.3 Å². The second-order valence-corrected chi connectivity index (χ2v) is 6.96. The molecule has 0 amide bonds. The summed E-state index contributed by atoms with van der Waals surface area (Å²) < 4.78 is 32.2. The molecule has 7 heteroatoms. The molecule has 6 nitrogen and oxygen atoms in total. The van der Waals surface area contributed by atoms with Gasteiger partial charge in [0.25, 0.3) is 0 Å². The molecule has 0 aliphatic carbocycles. The zero-order valence-corrected chi connectivity index (χ0v) is 12.8. The molecule has 0 radical (unpaired) electrons. The van der Waals surface area contributed by atoms with Crippen LogP contribution in [-0.2, 0) is 32.8 Å².